The molecule has 140 valence electrons. The topological polar surface area (TPSA) is 74.5 Å². The average Bonchev–Trinajstić information content (AvgIpc) is 3.16. The molecule has 2 aromatic carbocycles. The summed E-state index contributed by atoms with van der Waals surface area (Å²) >= 11 is 0. The van der Waals surface area contributed by atoms with Gasteiger partial charge in [0.15, 0.2) is 19.0 Å². The summed E-state index contributed by atoms with van der Waals surface area (Å²) in [4.78, 5) is 16.1. The van der Waals surface area contributed by atoms with Crippen LogP contribution in [0.4, 0.5) is 0 Å². The summed E-state index contributed by atoms with van der Waals surface area (Å²) in [6.07, 6.45) is 0.728. The van der Waals surface area contributed by atoms with Crippen molar-refractivity contribution < 1.29 is 18.8 Å². The van der Waals surface area contributed by atoms with E-state index in [-0.39, 0.29) is 25.0 Å². The third-order valence-corrected chi connectivity index (χ3v) is 3.91. The molecule has 3 rings (SSSR count). The second kappa shape index (κ2) is 8.98. The molecule has 0 N–H and O–H groups in total. The fourth-order valence-corrected chi connectivity index (χ4v) is 2.49. The predicted octanol–water partition coefficient (Wildman–Crippen LogP) is 3.91. The van der Waals surface area contributed by atoms with Crippen molar-refractivity contribution in [3.8, 4) is 5.75 Å². The Bertz CT molecular complexity index is 875. The number of carbonyl (C=O) groups is 1. The molecule has 0 atom stereocenters. The van der Waals surface area contributed by atoms with Crippen molar-refractivity contribution in [1.82, 2.24) is 10.1 Å². The highest BCUT2D eigenvalue weighted by atomic mass is 16.6. The molecular formula is C21H22N2O4. The first-order chi connectivity index (χ1) is 13.1. The molecule has 1 aromatic heterocycles. The second-order valence-electron chi connectivity index (χ2n) is 6.42. The van der Waals surface area contributed by atoms with E-state index in [9.17, 15) is 4.79 Å². The minimum Gasteiger partial charge on any atom is -0.482 e. The van der Waals surface area contributed by atoms with Crippen LogP contribution in [-0.4, -0.2) is 22.7 Å². The van der Waals surface area contributed by atoms with E-state index in [4.69, 9.17) is 14.0 Å². The van der Waals surface area contributed by atoms with Crippen molar-refractivity contribution in [3.63, 3.8) is 0 Å². The van der Waals surface area contributed by atoms with Crippen LogP contribution in [0.5, 0.6) is 5.75 Å². The minimum absolute atomic E-state index is 0.0619. The number of aromatic nitrogens is 2. The number of hydrogen-bond acceptors (Lipinski definition) is 6. The molecule has 0 aliphatic heterocycles. The molecule has 0 saturated heterocycles. The highest BCUT2D eigenvalue weighted by Gasteiger charge is 2.13. The van der Waals surface area contributed by atoms with Crippen LogP contribution in [-0.2, 0) is 22.6 Å². The highest BCUT2D eigenvalue weighted by molar-refractivity contribution is 5.71. The van der Waals surface area contributed by atoms with Crippen LogP contribution in [0.1, 0.15) is 42.6 Å². The van der Waals surface area contributed by atoms with E-state index >= 15 is 0 Å². The van der Waals surface area contributed by atoms with Crippen molar-refractivity contribution in [2.45, 2.75) is 32.8 Å². The summed E-state index contributed by atoms with van der Waals surface area (Å²) in [5.41, 5.74) is 2.18. The number of ether oxygens (including phenoxy) is 2. The van der Waals surface area contributed by atoms with Gasteiger partial charge in [-0.15, -0.1) is 0 Å². The van der Waals surface area contributed by atoms with Gasteiger partial charge in [0.25, 0.3) is 5.89 Å². The molecule has 27 heavy (non-hydrogen) atoms. The Morgan fingerprint density at radius 3 is 2.56 bits per heavy atom. The minimum atomic E-state index is -0.492. The van der Waals surface area contributed by atoms with Gasteiger partial charge < -0.3 is 14.0 Å². The van der Waals surface area contributed by atoms with Crippen molar-refractivity contribution >= 4 is 5.97 Å². The quantitative estimate of drug-likeness (QED) is 0.563. The molecular weight excluding hydrogens is 344 g/mol. The number of hydrogen-bond donors (Lipinski definition) is 0. The lowest BCUT2D eigenvalue weighted by molar-refractivity contribution is -0.148. The standard InChI is InChI=1S/C21H22N2O4/c1-15(2)21-22-19(27-23-21)13-26-20(24)14-25-18-11-7-6-10-17(18)12-16-8-4-3-5-9-16/h3-11,15H,12-14H2,1-2H3. The Balaban J connectivity index is 1.52. The summed E-state index contributed by atoms with van der Waals surface area (Å²) in [7, 11) is 0. The zero-order valence-corrected chi connectivity index (χ0v) is 15.4. The zero-order valence-electron chi connectivity index (χ0n) is 15.4. The van der Waals surface area contributed by atoms with Gasteiger partial charge in [-0.05, 0) is 17.2 Å². The maximum absolute atomic E-state index is 12.0. The summed E-state index contributed by atoms with van der Waals surface area (Å²) < 4.78 is 15.8. The van der Waals surface area contributed by atoms with E-state index in [1.165, 1.54) is 5.56 Å². The van der Waals surface area contributed by atoms with Crippen molar-refractivity contribution in [2.24, 2.45) is 0 Å². The van der Waals surface area contributed by atoms with Crippen molar-refractivity contribution in [2.75, 3.05) is 6.61 Å². The van der Waals surface area contributed by atoms with Crippen molar-refractivity contribution in [1.29, 1.82) is 0 Å². The number of carbonyl (C=O) groups excluding carboxylic acids is 1. The molecule has 0 spiro atoms. The smallest absolute Gasteiger partial charge is 0.344 e. The number of esters is 1. The van der Waals surface area contributed by atoms with E-state index in [0.717, 1.165) is 12.0 Å². The molecule has 6 heteroatoms. The van der Waals surface area contributed by atoms with Crippen molar-refractivity contribution in [3.05, 3.63) is 77.4 Å². The summed E-state index contributed by atoms with van der Waals surface area (Å²) in [6.45, 7) is 3.67. The molecule has 0 bridgehead atoms. The van der Waals surface area contributed by atoms with Gasteiger partial charge in [-0.25, -0.2) is 4.79 Å². The summed E-state index contributed by atoms with van der Waals surface area (Å²) in [5, 5.41) is 3.83. The zero-order chi connectivity index (χ0) is 19.1. The molecule has 0 radical (unpaired) electrons. The van der Waals surface area contributed by atoms with Gasteiger partial charge in [-0.3, -0.25) is 0 Å². The summed E-state index contributed by atoms with van der Waals surface area (Å²) in [6, 6.07) is 17.7. The fourth-order valence-electron chi connectivity index (χ4n) is 2.49. The van der Waals surface area contributed by atoms with Crippen LogP contribution in [0, 0.1) is 0 Å². The molecule has 0 saturated carbocycles. The van der Waals surface area contributed by atoms with Gasteiger partial charge in [0.2, 0.25) is 0 Å². The Labute approximate surface area is 158 Å². The van der Waals surface area contributed by atoms with Gasteiger partial charge in [0, 0.05) is 12.3 Å². The molecule has 0 aliphatic rings. The third-order valence-electron chi connectivity index (χ3n) is 3.91. The van der Waals surface area contributed by atoms with Crippen LogP contribution in [0.25, 0.3) is 0 Å². The Kier molecular flexibility index (Phi) is 6.20. The lowest BCUT2D eigenvalue weighted by Crippen LogP contribution is -2.15. The molecule has 0 unspecified atom stereocenters. The molecule has 0 amide bonds. The van der Waals surface area contributed by atoms with Gasteiger partial charge >= 0.3 is 5.97 Å². The Morgan fingerprint density at radius 2 is 1.81 bits per heavy atom. The van der Waals surface area contributed by atoms with E-state index in [0.29, 0.717) is 11.6 Å². The van der Waals surface area contributed by atoms with Gasteiger partial charge in [-0.2, -0.15) is 4.98 Å². The number of nitrogens with zero attached hydrogens (tertiary/aromatic N) is 2. The maximum Gasteiger partial charge on any atom is 0.344 e. The Morgan fingerprint density at radius 1 is 1.07 bits per heavy atom. The second-order valence-corrected chi connectivity index (χ2v) is 6.42. The van der Waals surface area contributed by atoms with E-state index in [1.807, 2.05) is 56.3 Å². The first-order valence-corrected chi connectivity index (χ1v) is 8.84. The lowest BCUT2D eigenvalue weighted by atomic mass is 10.0. The van der Waals surface area contributed by atoms with Crippen LogP contribution >= 0.6 is 0 Å². The van der Waals surface area contributed by atoms with E-state index in [1.54, 1.807) is 0 Å². The molecule has 3 aromatic rings. The van der Waals surface area contributed by atoms with E-state index in [2.05, 4.69) is 22.3 Å². The van der Waals surface area contributed by atoms with Crippen LogP contribution in [0.2, 0.25) is 0 Å². The van der Waals surface area contributed by atoms with E-state index < -0.39 is 5.97 Å². The first-order valence-electron chi connectivity index (χ1n) is 8.84. The molecule has 6 nitrogen and oxygen atoms in total. The van der Waals surface area contributed by atoms with Crippen LogP contribution < -0.4 is 4.74 Å². The largest absolute Gasteiger partial charge is 0.482 e. The average molecular weight is 366 g/mol. The molecule has 0 fully saturated rings. The van der Waals surface area contributed by atoms with Crippen LogP contribution in [0.3, 0.4) is 0 Å². The predicted molar refractivity (Wildman–Crippen MR) is 99.4 cm³/mol. The van der Waals surface area contributed by atoms with Crippen LogP contribution in [0.15, 0.2) is 59.1 Å². The van der Waals surface area contributed by atoms with Gasteiger partial charge in [-0.1, -0.05) is 67.5 Å². The monoisotopic (exact) mass is 366 g/mol. The Hall–Kier alpha value is -3.15. The maximum atomic E-state index is 12.0. The van der Waals surface area contributed by atoms with Gasteiger partial charge in [0.05, 0.1) is 0 Å². The van der Waals surface area contributed by atoms with Gasteiger partial charge in [0.1, 0.15) is 5.75 Å². The molecule has 1 heterocycles. The fraction of sp³-hybridized carbons (Fsp3) is 0.286. The SMILES string of the molecule is CC(C)c1noc(COC(=O)COc2ccccc2Cc2ccccc2)n1. The normalized spacial score (nSPS) is 10.8. The lowest BCUT2D eigenvalue weighted by Gasteiger charge is -2.11. The molecule has 0 aliphatic carbocycles. The number of rotatable bonds is 8. The first kappa shape index (κ1) is 18.6. The summed E-state index contributed by atoms with van der Waals surface area (Å²) in [5.74, 6) is 1.19. The highest BCUT2D eigenvalue weighted by Crippen LogP contribution is 2.21. The number of para-hydroxylation sites is 1. The number of benzene rings is 2. The third kappa shape index (κ3) is 5.41.